The van der Waals surface area contributed by atoms with Crippen molar-refractivity contribution in [2.75, 3.05) is 13.7 Å². The zero-order chi connectivity index (χ0) is 14.5. The molecule has 20 heavy (non-hydrogen) atoms. The summed E-state index contributed by atoms with van der Waals surface area (Å²) in [4.78, 5) is 0. The summed E-state index contributed by atoms with van der Waals surface area (Å²) in [6.45, 7) is 4.74. The molecule has 0 bridgehead atoms. The first-order valence-corrected chi connectivity index (χ1v) is 7.66. The molecule has 0 saturated carbocycles. The molecule has 1 aromatic heterocycles. The molecule has 0 aliphatic heterocycles. The molecule has 108 valence electrons. The van der Waals surface area contributed by atoms with Gasteiger partial charge in [0.25, 0.3) is 0 Å². The van der Waals surface area contributed by atoms with Crippen LogP contribution in [0.1, 0.15) is 36.8 Å². The molecule has 4 heteroatoms. The molecule has 1 N–H and O–H groups in total. The monoisotopic (exact) mass is 337 g/mol. The van der Waals surface area contributed by atoms with Crippen LogP contribution in [0.2, 0.25) is 0 Å². The van der Waals surface area contributed by atoms with Gasteiger partial charge in [0, 0.05) is 12.0 Å². The summed E-state index contributed by atoms with van der Waals surface area (Å²) in [6.07, 6.45) is 2.64. The van der Waals surface area contributed by atoms with Gasteiger partial charge in [-0.3, -0.25) is 0 Å². The van der Waals surface area contributed by atoms with Gasteiger partial charge in [-0.15, -0.1) is 0 Å². The molecule has 0 spiro atoms. The molecule has 2 rings (SSSR count). The quantitative estimate of drug-likeness (QED) is 0.852. The Morgan fingerprint density at radius 2 is 2.10 bits per heavy atom. The topological polar surface area (TPSA) is 34.4 Å². The lowest BCUT2D eigenvalue weighted by Crippen LogP contribution is -2.18. The van der Waals surface area contributed by atoms with E-state index < -0.39 is 0 Å². The van der Waals surface area contributed by atoms with Gasteiger partial charge in [-0.1, -0.05) is 13.0 Å². The second-order valence-electron chi connectivity index (χ2n) is 4.50. The van der Waals surface area contributed by atoms with Gasteiger partial charge < -0.3 is 14.5 Å². The fourth-order valence-corrected chi connectivity index (χ4v) is 2.88. The first-order chi connectivity index (χ1) is 9.71. The van der Waals surface area contributed by atoms with Gasteiger partial charge in [-0.05, 0) is 53.7 Å². The van der Waals surface area contributed by atoms with Crippen molar-refractivity contribution in [3.05, 3.63) is 51.9 Å². The van der Waals surface area contributed by atoms with E-state index in [4.69, 9.17) is 9.15 Å². The van der Waals surface area contributed by atoms with Crippen LogP contribution in [-0.4, -0.2) is 13.7 Å². The van der Waals surface area contributed by atoms with Crippen molar-refractivity contribution in [1.29, 1.82) is 0 Å². The van der Waals surface area contributed by atoms with Crippen LogP contribution in [0.3, 0.4) is 0 Å². The lowest BCUT2D eigenvalue weighted by molar-refractivity contribution is 0.338. The molecule has 3 nitrogen and oxygen atoms in total. The Bertz CT molecular complexity index is 565. The third-order valence-electron chi connectivity index (χ3n) is 3.29. The molecular weight excluding hydrogens is 318 g/mol. The summed E-state index contributed by atoms with van der Waals surface area (Å²) < 4.78 is 12.1. The second kappa shape index (κ2) is 6.95. The highest BCUT2D eigenvalue weighted by Crippen LogP contribution is 2.32. The van der Waals surface area contributed by atoms with E-state index in [9.17, 15) is 0 Å². The van der Waals surface area contributed by atoms with Crippen molar-refractivity contribution in [3.8, 4) is 5.75 Å². The minimum atomic E-state index is 0.121. The molecule has 0 fully saturated rings. The van der Waals surface area contributed by atoms with E-state index in [1.165, 1.54) is 11.1 Å². The van der Waals surface area contributed by atoms with Crippen molar-refractivity contribution < 1.29 is 9.15 Å². The maximum absolute atomic E-state index is 5.55. The number of aryl methyl sites for hydroxylation is 1. The molecule has 1 aromatic carbocycles. The van der Waals surface area contributed by atoms with Gasteiger partial charge in [0.15, 0.2) is 0 Å². The number of ether oxygens (including phenoxy) is 1. The van der Waals surface area contributed by atoms with E-state index >= 15 is 0 Å². The molecule has 1 unspecified atom stereocenters. The summed E-state index contributed by atoms with van der Waals surface area (Å²) in [6, 6.07) is 8.33. The SMILES string of the molecule is CCOc1ccc(C(NC)c2ccoc2CC)cc1Br. The Hall–Kier alpha value is -1.26. The molecule has 1 heterocycles. The molecule has 0 radical (unpaired) electrons. The number of rotatable bonds is 6. The van der Waals surface area contributed by atoms with E-state index in [0.29, 0.717) is 6.61 Å². The van der Waals surface area contributed by atoms with Crippen LogP contribution < -0.4 is 10.1 Å². The Labute approximate surface area is 128 Å². The first-order valence-electron chi connectivity index (χ1n) is 6.87. The largest absolute Gasteiger partial charge is 0.493 e. The molecular formula is C16H20BrNO2. The fraction of sp³-hybridized carbons (Fsp3) is 0.375. The van der Waals surface area contributed by atoms with Crippen LogP contribution in [0.4, 0.5) is 0 Å². The molecule has 0 aliphatic carbocycles. The number of halogens is 1. The average Bonchev–Trinajstić information content (AvgIpc) is 2.91. The number of furan rings is 1. The summed E-state index contributed by atoms with van der Waals surface area (Å²) in [5, 5.41) is 3.35. The molecule has 0 saturated heterocycles. The maximum atomic E-state index is 5.55. The summed E-state index contributed by atoms with van der Waals surface area (Å²) in [5.41, 5.74) is 2.37. The summed E-state index contributed by atoms with van der Waals surface area (Å²) in [5.74, 6) is 1.89. The van der Waals surface area contributed by atoms with E-state index in [-0.39, 0.29) is 6.04 Å². The number of nitrogens with one attached hydrogen (secondary N) is 1. The zero-order valence-electron chi connectivity index (χ0n) is 12.1. The van der Waals surface area contributed by atoms with Crippen molar-refractivity contribution in [2.24, 2.45) is 0 Å². The fourth-order valence-electron chi connectivity index (χ4n) is 2.37. The van der Waals surface area contributed by atoms with E-state index in [1.807, 2.05) is 26.1 Å². The third kappa shape index (κ3) is 3.07. The predicted molar refractivity (Wildman–Crippen MR) is 84.3 cm³/mol. The highest BCUT2D eigenvalue weighted by molar-refractivity contribution is 9.10. The van der Waals surface area contributed by atoms with Crippen LogP contribution in [0, 0.1) is 0 Å². The smallest absolute Gasteiger partial charge is 0.133 e. The number of hydrogen-bond donors (Lipinski definition) is 1. The average molecular weight is 338 g/mol. The molecule has 0 aliphatic rings. The number of hydrogen-bond acceptors (Lipinski definition) is 3. The van der Waals surface area contributed by atoms with Crippen molar-refractivity contribution in [2.45, 2.75) is 26.3 Å². The van der Waals surface area contributed by atoms with Gasteiger partial charge in [0.1, 0.15) is 11.5 Å². The second-order valence-corrected chi connectivity index (χ2v) is 5.35. The van der Waals surface area contributed by atoms with Crippen molar-refractivity contribution >= 4 is 15.9 Å². The third-order valence-corrected chi connectivity index (χ3v) is 3.91. The van der Waals surface area contributed by atoms with Gasteiger partial charge in [-0.25, -0.2) is 0 Å². The van der Waals surface area contributed by atoms with Crippen LogP contribution >= 0.6 is 15.9 Å². The zero-order valence-corrected chi connectivity index (χ0v) is 13.7. The van der Waals surface area contributed by atoms with Gasteiger partial charge in [0.2, 0.25) is 0 Å². The lowest BCUT2D eigenvalue weighted by atomic mass is 9.98. The first kappa shape index (κ1) is 15.1. The van der Waals surface area contributed by atoms with Gasteiger partial charge >= 0.3 is 0 Å². The Kier molecular flexibility index (Phi) is 5.26. The van der Waals surface area contributed by atoms with Crippen LogP contribution in [0.25, 0.3) is 0 Å². The summed E-state index contributed by atoms with van der Waals surface area (Å²) in [7, 11) is 1.96. The molecule has 2 aromatic rings. The Balaban J connectivity index is 2.35. The molecule has 0 amide bonds. The van der Waals surface area contributed by atoms with E-state index in [1.54, 1.807) is 6.26 Å². The van der Waals surface area contributed by atoms with Crippen molar-refractivity contribution in [3.63, 3.8) is 0 Å². The van der Waals surface area contributed by atoms with E-state index in [0.717, 1.165) is 22.4 Å². The van der Waals surface area contributed by atoms with E-state index in [2.05, 4.69) is 40.3 Å². The maximum Gasteiger partial charge on any atom is 0.133 e. The van der Waals surface area contributed by atoms with Gasteiger partial charge in [-0.2, -0.15) is 0 Å². The normalized spacial score (nSPS) is 12.4. The molecule has 1 atom stereocenters. The highest BCUT2D eigenvalue weighted by Gasteiger charge is 2.18. The van der Waals surface area contributed by atoms with Crippen LogP contribution in [-0.2, 0) is 6.42 Å². The predicted octanol–water partition coefficient (Wildman–Crippen LogP) is 4.31. The minimum absolute atomic E-state index is 0.121. The summed E-state index contributed by atoms with van der Waals surface area (Å²) >= 11 is 3.57. The highest BCUT2D eigenvalue weighted by atomic mass is 79.9. The number of benzene rings is 1. The van der Waals surface area contributed by atoms with Crippen LogP contribution in [0.15, 0.2) is 39.4 Å². The van der Waals surface area contributed by atoms with Crippen molar-refractivity contribution in [1.82, 2.24) is 5.32 Å². The van der Waals surface area contributed by atoms with Crippen LogP contribution in [0.5, 0.6) is 5.75 Å². The standard InChI is InChI=1S/C16H20BrNO2/c1-4-14-12(8-9-20-14)16(18-3)11-6-7-15(19-5-2)13(17)10-11/h6-10,16,18H,4-5H2,1-3H3. The minimum Gasteiger partial charge on any atom is -0.493 e. The lowest BCUT2D eigenvalue weighted by Gasteiger charge is -2.18. The van der Waals surface area contributed by atoms with Gasteiger partial charge in [0.05, 0.1) is 23.4 Å². The Morgan fingerprint density at radius 3 is 2.70 bits per heavy atom. The Morgan fingerprint density at radius 1 is 1.30 bits per heavy atom.